The van der Waals surface area contributed by atoms with Crippen molar-refractivity contribution in [3.63, 3.8) is 0 Å². The number of carbonyl (C=O) groups excluding carboxylic acids is 1. The van der Waals surface area contributed by atoms with Gasteiger partial charge < -0.3 is 9.84 Å². The summed E-state index contributed by atoms with van der Waals surface area (Å²) >= 11 is 0. The Balaban J connectivity index is 1.90. The molecule has 0 aliphatic carbocycles. The molecule has 1 atom stereocenters. The Morgan fingerprint density at radius 1 is 1.30 bits per heavy atom. The van der Waals surface area contributed by atoms with E-state index >= 15 is 0 Å². The van der Waals surface area contributed by atoms with Crippen molar-refractivity contribution in [2.24, 2.45) is 0 Å². The summed E-state index contributed by atoms with van der Waals surface area (Å²) in [5.74, 6) is 0.418. The van der Waals surface area contributed by atoms with E-state index in [-0.39, 0.29) is 24.8 Å². The van der Waals surface area contributed by atoms with Gasteiger partial charge in [-0.05, 0) is 6.92 Å². The van der Waals surface area contributed by atoms with Crippen LogP contribution in [-0.4, -0.2) is 37.3 Å². The van der Waals surface area contributed by atoms with Gasteiger partial charge in [0.2, 0.25) is 27.6 Å². The lowest BCUT2D eigenvalue weighted by Crippen LogP contribution is -2.31. The summed E-state index contributed by atoms with van der Waals surface area (Å²) in [4.78, 5) is 16.0. The minimum atomic E-state index is -3.30. The number of nitrogens with one attached hydrogen (secondary N) is 2. The Morgan fingerprint density at radius 3 is 2.65 bits per heavy atom. The number of amides is 1. The first-order valence-electron chi connectivity index (χ1n) is 6.98. The Kier molecular flexibility index (Phi) is 5.45. The van der Waals surface area contributed by atoms with Gasteiger partial charge in [-0.1, -0.05) is 35.5 Å². The van der Waals surface area contributed by atoms with Crippen LogP contribution in [0.3, 0.4) is 0 Å². The number of hydrogen-bond acceptors (Lipinski definition) is 6. The minimum Gasteiger partial charge on any atom is -0.345 e. The molecule has 1 amide bonds. The molecule has 0 saturated heterocycles. The van der Waals surface area contributed by atoms with Crippen molar-refractivity contribution >= 4 is 15.9 Å². The van der Waals surface area contributed by atoms with E-state index in [4.69, 9.17) is 4.52 Å². The fourth-order valence-electron chi connectivity index (χ4n) is 1.84. The molecular formula is C14H18N4O4S. The van der Waals surface area contributed by atoms with E-state index in [1.165, 1.54) is 0 Å². The molecule has 1 heterocycles. The maximum absolute atomic E-state index is 11.8. The third-order valence-corrected chi connectivity index (χ3v) is 3.67. The standard InChI is InChI=1S/C14H18N4O4S/c1-10(16-12(19)8-9-15-23(2,20)21)14-17-13(18-22-14)11-6-4-3-5-7-11/h3-7,10,15H,8-9H2,1-2H3,(H,16,19)/t10-/m0/s1. The van der Waals surface area contributed by atoms with Crippen molar-refractivity contribution in [3.8, 4) is 11.4 Å². The average Bonchev–Trinajstić information content (AvgIpc) is 2.96. The molecule has 1 aromatic carbocycles. The second kappa shape index (κ2) is 7.34. The van der Waals surface area contributed by atoms with E-state index in [9.17, 15) is 13.2 Å². The molecule has 0 aliphatic rings. The zero-order chi connectivity index (χ0) is 16.9. The molecule has 23 heavy (non-hydrogen) atoms. The average molecular weight is 338 g/mol. The minimum absolute atomic E-state index is 0.0249. The molecule has 8 nitrogen and oxygen atoms in total. The van der Waals surface area contributed by atoms with Crippen LogP contribution in [0.2, 0.25) is 0 Å². The van der Waals surface area contributed by atoms with Gasteiger partial charge in [0.05, 0.1) is 6.26 Å². The normalized spacial score (nSPS) is 12.8. The molecular weight excluding hydrogens is 320 g/mol. The summed E-state index contributed by atoms with van der Waals surface area (Å²) < 4.78 is 29.2. The monoisotopic (exact) mass is 338 g/mol. The summed E-state index contributed by atoms with van der Waals surface area (Å²) in [6.07, 6.45) is 1.06. The fraction of sp³-hybridized carbons (Fsp3) is 0.357. The van der Waals surface area contributed by atoms with Crippen molar-refractivity contribution in [2.45, 2.75) is 19.4 Å². The van der Waals surface area contributed by atoms with Gasteiger partial charge >= 0.3 is 0 Å². The first-order chi connectivity index (χ1) is 10.8. The Bertz CT molecular complexity index is 758. The van der Waals surface area contributed by atoms with Crippen LogP contribution in [0.15, 0.2) is 34.9 Å². The second-order valence-electron chi connectivity index (χ2n) is 5.03. The van der Waals surface area contributed by atoms with Gasteiger partial charge in [0.1, 0.15) is 6.04 Å². The zero-order valence-corrected chi connectivity index (χ0v) is 13.6. The number of hydrogen-bond donors (Lipinski definition) is 2. The van der Waals surface area contributed by atoms with E-state index in [2.05, 4.69) is 20.2 Å². The maximum atomic E-state index is 11.8. The lowest BCUT2D eigenvalue weighted by Gasteiger charge is -2.09. The van der Waals surface area contributed by atoms with Crippen LogP contribution >= 0.6 is 0 Å². The van der Waals surface area contributed by atoms with Crippen LogP contribution in [0.4, 0.5) is 0 Å². The maximum Gasteiger partial charge on any atom is 0.249 e. The van der Waals surface area contributed by atoms with Crippen LogP contribution < -0.4 is 10.0 Å². The third-order valence-electron chi connectivity index (χ3n) is 2.94. The Morgan fingerprint density at radius 2 is 2.00 bits per heavy atom. The summed E-state index contributed by atoms with van der Waals surface area (Å²) in [5, 5.41) is 6.56. The Hall–Kier alpha value is -2.26. The SMILES string of the molecule is C[C@H](NC(=O)CCNS(C)(=O)=O)c1nc(-c2ccccc2)no1. The van der Waals surface area contributed by atoms with Crippen LogP contribution in [0.1, 0.15) is 25.3 Å². The molecule has 0 unspecified atom stereocenters. The van der Waals surface area contributed by atoms with E-state index in [0.717, 1.165) is 11.8 Å². The summed E-state index contributed by atoms with van der Waals surface area (Å²) in [6, 6.07) is 8.86. The number of aromatic nitrogens is 2. The molecule has 0 aliphatic heterocycles. The van der Waals surface area contributed by atoms with Crippen molar-refractivity contribution in [1.29, 1.82) is 0 Å². The molecule has 0 spiro atoms. The van der Waals surface area contributed by atoms with E-state index in [1.54, 1.807) is 6.92 Å². The van der Waals surface area contributed by atoms with Crippen molar-refractivity contribution in [2.75, 3.05) is 12.8 Å². The van der Waals surface area contributed by atoms with Crippen LogP contribution in [0, 0.1) is 0 Å². The van der Waals surface area contributed by atoms with Gasteiger partial charge in [0.25, 0.3) is 0 Å². The Labute approximate surface area is 134 Å². The highest BCUT2D eigenvalue weighted by atomic mass is 32.2. The second-order valence-corrected chi connectivity index (χ2v) is 6.86. The smallest absolute Gasteiger partial charge is 0.249 e. The van der Waals surface area contributed by atoms with Crippen LogP contribution in [-0.2, 0) is 14.8 Å². The number of carbonyl (C=O) groups is 1. The number of nitrogens with zero attached hydrogens (tertiary/aromatic N) is 2. The van der Waals surface area contributed by atoms with E-state index in [1.807, 2.05) is 30.3 Å². The predicted molar refractivity (Wildman–Crippen MR) is 83.8 cm³/mol. The van der Waals surface area contributed by atoms with Gasteiger partial charge in [0.15, 0.2) is 0 Å². The van der Waals surface area contributed by atoms with Gasteiger partial charge in [-0.3, -0.25) is 4.79 Å². The lowest BCUT2D eigenvalue weighted by atomic mass is 10.2. The number of benzene rings is 1. The molecule has 2 aromatic rings. The number of rotatable bonds is 7. The first kappa shape index (κ1) is 17.1. The fourth-order valence-corrected chi connectivity index (χ4v) is 2.31. The van der Waals surface area contributed by atoms with Crippen molar-refractivity contribution in [3.05, 3.63) is 36.2 Å². The zero-order valence-electron chi connectivity index (χ0n) is 12.8. The molecule has 0 radical (unpaired) electrons. The highest BCUT2D eigenvalue weighted by Crippen LogP contribution is 2.18. The highest BCUT2D eigenvalue weighted by Gasteiger charge is 2.17. The molecule has 9 heteroatoms. The topological polar surface area (TPSA) is 114 Å². The van der Waals surface area contributed by atoms with Gasteiger partial charge in [-0.2, -0.15) is 4.98 Å². The molecule has 2 N–H and O–H groups in total. The van der Waals surface area contributed by atoms with Gasteiger partial charge in [-0.15, -0.1) is 0 Å². The summed E-state index contributed by atoms with van der Waals surface area (Å²) in [7, 11) is -3.30. The van der Waals surface area contributed by atoms with Crippen LogP contribution in [0.5, 0.6) is 0 Å². The van der Waals surface area contributed by atoms with Crippen molar-refractivity contribution in [1.82, 2.24) is 20.2 Å². The molecule has 2 rings (SSSR count). The van der Waals surface area contributed by atoms with Gasteiger partial charge in [0, 0.05) is 18.5 Å². The summed E-state index contributed by atoms with van der Waals surface area (Å²) in [5.41, 5.74) is 0.818. The van der Waals surface area contributed by atoms with Gasteiger partial charge in [-0.25, -0.2) is 13.1 Å². The van der Waals surface area contributed by atoms with Crippen LogP contribution in [0.25, 0.3) is 11.4 Å². The van der Waals surface area contributed by atoms with E-state index < -0.39 is 16.1 Å². The largest absolute Gasteiger partial charge is 0.345 e. The molecule has 0 fully saturated rings. The molecule has 0 bridgehead atoms. The first-order valence-corrected chi connectivity index (χ1v) is 8.87. The number of sulfonamides is 1. The third kappa shape index (κ3) is 5.46. The molecule has 0 saturated carbocycles. The summed E-state index contributed by atoms with van der Waals surface area (Å²) in [6.45, 7) is 1.75. The quantitative estimate of drug-likeness (QED) is 0.773. The highest BCUT2D eigenvalue weighted by molar-refractivity contribution is 7.88. The predicted octanol–water partition coefficient (Wildman–Crippen LogP) is 0.853. The lowest BCUT2D eigenvalue weighted by molar-refractivity contribution is -0.121. The molecule has 124 valence electrons. The van der Waals surface area contributed by atoms with E-state index in [0.29, 0.717) is 5.82 Å². The molecule has 1 aromatic heterocycles. The van der Waals surface area contributed by atoms with Crippen molar-refractivity contribution < 1.29 is 17.7 Å².